The van der Waals surface area contributed by atoms with Crippen LogP contribution in [-0.4, -0.2) is 54.5 Å². The summed E-state index contributed by atoms with van der Waals surface area (Å²) < 4.78 is 10.1. The van der Waals surface area contributed by atoms with Crippen LogP contribution in [0.3, 0.4) is 0 Å². The molecule has 0 saturated carbocycles. The van der Waals surface area contributed by atoms with Crippen molar-refractivity contribution in [2.75, 3.05) is 19.7 Å². The van der Waals surface area contributed by atoms with Gasteiger partial charge in [0, 0.05) is 26.4 Å². The van der Waals surface area contributed by atoms with Crippen molar-refractivity contribution in [1.29, 1.82) is 0 Å². The second-order valence-corrected chi connectivity index (χ2v) is 6.78. The molecular formula is C21H31N3O6. The maximum absolute atomic E-state index is 13.0. The molecule has 3 amide bonds. The van der Waals surface area contributed by atoms with Crippen molar-refractivity contribution in [3.05, 3.63) is 35.9 Å². The molecule has 0 fully saturated rings. The van der Waals surface area contributed by atoms with Gasteiger partial charge < -0.3 is 25.4 Å². The first kappa shape index (κ1) is 24.9. The Hall–Kier alpha value is -3.10. The van der Waals surface area contributed by atoms with Crippen molar-refractivity contribution in [2.24, 2.45) is 5.73 Å². The maximum atomic E-state index is 13.0. The highest BCUT2D eigenvalue weighted by atomic mass is 16.5. The highest BCUT2D eigenvalue weighted by Gasteiger charge is 2.26. The van der Waals surface area contributed by atoms with Gasteiger partial charge in [0.25, 0.3) is 0 Å². The number of carbonyl (C=O) groups excluding carboxylic acids is 4. The van der Waals surface area contributed by atoms with Gasteiger partial charge in [0.2, 0.25) is 11.8 Å². The summed E-state index contributed by atoms with van der Waals surface area (Å²) in [5.41, 5.74) is 6.02. The predicted octanol–water partition coefficient (Wildman–Crippen LogP) is 1.74. The lowest BCUT2D eigenvalue weighted by Crippen LogP contribution is -2.49. The number of amides is 3. The topological polar surface area (TPSA) is 128 Å². The summed E-state index contributed by atoms with van der Waals surface area (Å²) in [5.74, 6) is -1.28. The molecule has 0 heterocycles. The number of nitrogens with zero attached hydrogens (tertiary/aromatic N) is 1. The van der Waals surface area contributed by atoms with Gasteiger partial charge in [0.05, 0.1) is 6.61 Å². The average Bonchev–Trinajstić information content (AvgIpc) is 2.71. The van der Waals surface area contributed by atoms with Gasteiger partial charge in [-0.2, -0.15) is 0 Å². The highest BCUT2D eigenvalue weighted by molar-refractivity contribution is 5.86. The molecule has 1 aromatic rings. The smallest absolute Gasteiger partial charge is 0.408 e. The highest BCUT2D eigenvalue weighted by Crippen LogP contribution is 2.07. The van der Waals surface area contributed by atoms with Crippen molar-refractivity contribution in [2.45, 2.75) is 52.2 Å². The summed E-state index contributed by atoms with van der Waals surface area (Å²) in [6.07, 6.45) is 0.437. The van der Waals surface area contributed by atoms with E-state index in [-0.39, 0.29) is 37.9 Å². The Morgan fingerprint density at radius 3 is 2.40 bits per heavy atom. The summed E-state index contributed by atoms with van der Waals surface area (Å²) in [6, 6.07) is 8.19. The molecule has 1 rings (SSSR count). The van der Waals surface area contributed by atoms with Crippen molar-refractivity contribution >= 4 is 23.9 Å². The Bertz CT molecular complexity index is 695. The van der Waals surface area contributed by atoms with Crippen LogP contribution in [0, 0.1) is 0 Å². The van der Waals surface area contributed by atoms with Gasteiger partial charge >= 0.3 is 12.1 Å². The minimum atomic E-state index is -0.943. The maximum Gasteiger partial charge on any atom is 0.408 e. The van der Waals surface area contributed by atoms with E-state index in [1.54, 1.807) is 4.90 Å². The lowest BCUT2D eigenvalue weighted by molar-refractivity contribution is -0.141. The van der Waals surface area contributed by atoms with Crippen LogP contribution in [0.1, 0.15) is 45.1 Å². The molecule has 1 aromatic carbocycles. The normalized spacial score (nSPS) is 11.3. The molecule has 0 radical (unpaired) electrons. The van der Waals surface area contributed by atoms with Crippen LogP contribution >= 0.6 is 0 Å². The van der Waals surface area contributed by atoms with Gasteiger partial charge in [0.15, 0.2) is 0 Å². The first-order valence-corrected chi connectivity index (χ1v) is 10.0. The fraction of sp³-hybridized carbons (Fsp3) is 0.524. The minimum Gasteiger partial charge on any atom is -0.466 e. The first-order chi connectivity index (χ1) is 14.3. The number of alkyl carbamates (subject to hydrolysis) is 1. The SMILES string of the molecule is CCCN(CCCOC(C)=O)C(=O)C(CCC(N)=O)NC(=O)OCc1ccccc1. The van der Waals surface area contributed by atoms with Gasteiger partial charge in [-0.25, -0.2) is 4.79 Å². The van der Waals surface area contributed by atoms with Crippen LogP contribution in [0.15, 0.2) is 30.3 Å². The Balaban J connectivity index is 2.70. The van der Waals surface area contributed by atoms with Gasteiger partial charge in [-0.3, -0.25) is 14.4 Å². The number of esters is 1. The molecule has 0 aliphatic rings. The van der Waals surface area contributed by atoms with E-state index in [0.717, 1.165) is 5.56 Å². The number of benzene rings is 1. The number of primary amides is 1. The second kappa shape index (κ2) is 14.0. The molecule has 9 heteroatoms. The summed E-state index contributed by atoms with van der Waals surface area (Å²) >= 11 is 0. The quantitative estimate of drug-likeness (QED) is 0.369. The van der Waals surface area contributed by atoms with Crippen molar-refractivity contribution in [1.82, 2.24) is 10.2 Å². The Kier molecular flexibility index (Phi) is 11.6. The van der Waals surface area contributed by atoms with Crippen molar-refractivity contribution < 1.29 is 28.7 Å². The van der Waals surface area contributed by atoms with E-state index in [9.17, 15) is 19.2 Å². The van der Waals surface area contributed by atoms with E-state index in [1.807, 2.05) is 37.3 Å². The number of hydrogen-bond acceptors (Lipinski definition) is 6. The van der Waals surface area contributed by atoms with E-state index in [4.69, 9.17) is 15.2 Å². The van der Waals surface area contributed by atoms with Gasteiger partial charge in [0.1, 0.15) is 12.6 Å². The van der Waals surface area contributed by atoms with E-state index in [2.05, 4.69) is 5.32 Å². The Labute approximate surface area is 176 Å². The average molecular weight is 421 g/mol. The van der Waals surface area contributed by atoms with E-state index in [1.165, 1.54) is 6.92 Å². The lowest BCUT2D eigenvalue weighted by atomic mass is 10.1. The first-order valence-electron chi connectivity index (χ1n) is 10.0. The Morgan fingerprint density at radius 2 is 1.80 bits per heavy atom. The third kappa shape index (κ3) is 10.4. The predicted molar refractivity (Wildman–Crippen MR) is 110 cm³/mol. The monoisotopic (exact) mass is 421 g/mol. The fourth-order valence-electron chi connectivity index (χ4n) is 2.74. The molecular weight excluding hydrogens is 390 g/mol. The molecule has 0 aromatic heterocycles. The zero-order chi connectivity index (χ0) is 22.4. The summed E-state index contributed by atoms with van der Waals surface area (Å²) in [6.45, 7) is 4.32. The molecule has 0 saturated heterocycles. The molecule has 1 unspecified atom stereocenters. The van der Waals surface area contributed by atoms with Gasteiger partial charge in [-0.15, -0.1) is 0 Å². The number of nitrogens with one attached hydrogen (secondary N) is 1. The number of ether oxygens (including phenoxy) is 2. The van der Waals surface area contributed by atoms with E-state index < -0.39 is 18.0 Å². The number of rotatable bonds is 13. The van der Waals surface area contributed by atoms with Crippen LogP contribution in [0.4, 0.5) is 4.79 Å². The largest absolute Gasteiger partial charge is 0.466 e. The van der Waals surface area contributed by atoms with Crippen molar-refractivity contribution in [3.8, 4) is 0 Å². The minimum absolute atomic E-state index is 0.0528. The van der Waals surface area contributed by atoms with E-state index in [0.29, 0.717) is 25.9 Å². The molecule has 0 aliphatic heterocycles. The molecule has 3 N–H and O–H groups in total. The number of nitrogens with two attached hydrogens (primary N) is 1. The molecule has 9 nitrogen and oxygen atoms in total. The Morgan fingerprint density at radius 1 is 1.10 bits per heavy atom. The van der Waals surface area contributed by atoms with Crippen LogP contribution in [0.25, 0.3) is 0 Å². The van der Waals surface area contributed by atoms with Crippen LogP contribution in [0.5, 0.6) is 0 Å². The molecule has 166 valence electrons. The van der Waals surface area contributed by atoms with Crippen LogP contribution in [-0.2, 0) is 30.5 Å². The van der Waals surface area contributed by atoms with Gasteiger partial charge in [-0.05, 0) is 24.8 Å². The van der Waals surface area contributed by atoms with Crippen molar-refractivity contribution in [3.63, 3.8) is 0 Å². The van der Waals surface area contributed by atoms with Crippen LogP contribution in [0.2, 0.25) is 0 Å². The summed E-state index contributed by atoms with van der Waals surface area (Å²) in [5, 5.41) is 2.54. The van der Waals surface area contributed by atoms with Gasteiger partial charge in [-0.1, -0.05) is 37.3 Å². The molecule has 1 atom stereocenters. The van der Waals surface area contributed by atoms with Crippen LogP contribution < -0.4 is 11.1 Å². The molecule has 0 bridgehead atoms. The third-order valence-electron chi connectivity index (χ3n) is 4.17. The summed E-state index contributed by atoms with van der Waals surface area (Å²) in [7, 11) is 0. The summed E-state index contributed by atoms with van der Waals surface area (Å²) in [4.78, 5) is 48.9. The molecule has 30 heavy (non-hydrogen) atoms. The number of carbonyl (C=O) groups is 4. The third-order valence-corrected chi connectivity index (χ3v) is 4.17. The second-order valence-electron chi connectivity index (χ2n) is 6.78. The molecule has 0 spiro atoms. The number of hydrogen-bond donors (Lipinski definition) is 2. The fourth-order valence-corrected chi connectivity index (χ4v) is 2.74. The zero-order valence-electron chi connectivity index (χ0n) is 17.6. The van der Waals surface area contributed by atoms with E-state index >= 15 is 0 Å². The molecule has 0 aliphatic carbocycles. The standard InChI is InChI=1S/C21H31N3O6/c1-3-12-24(13-7-14-29-16(2)25)20(27)18(10-11-19(22)26)23-21(28)30-15-17-8-5-4-6-9-17/h4-6,8-9,18H,3,7,10-15H2,1-2H3,(H2,22,26)(H,23,28). The lowest BCUT2D eigenvalue weighted by Gasteiger charge is -2.27. The zero-order valence-corrected chi connectivity index (χ0v) is 17.6.